The first-order valence-corrected chi connectivity index (χ1v) is 6.44. The van der Waals surface area contributed by atoms with Gasteiger partial charge in [-0.2, -0.15) is 0 Å². The van der Waals surface area contributed by atoms with Crippen LogP contribution in [0.25, 0.3) is 0 Å². The third-order valence-corrected chi connectivity index (χ3v) is 2.83. The Bertz CT molecular complexity index is 646. The second kappa shape index (κ2) is 7.06. The van der Waals surface area contributed by atoms with Crippen molar-refractivity contribution in [2.75, 3.05) is 0 Å². The summed E-state index contributed by atoms with van der Waals surface area (Å²) in [5.74, 6) is 3.98. The number of hydrogen-bond acceptors (Lipinski definition) is 2. The molecule has 0 saturated heterocycles. The molecule has 98 valence electrons. The SMILES string of the molecule is O=C(C#CCCc1ccccc1)C(=O)c1ccccc1. The van der Waals surface area contributed by atoms with Crippen LogP contribution in [0.4, 0.5) is 0 Å². The van der Waals surface area contributed by atoms with Crippen LogP contribution in [-0.2, 0) is 11.2 Å². The van der Waals surface area contributed by atoms with Gasteiger partial charge in [-0.1, -0.05) is 66.6 Å². The second-order valence-electron chi connectivity index (χ2n) is 4.31. The Hall–Kier alpha value is -2.66. The first-order valence-electron chi connectivity index (χ1n) is 6.44. The quantitative estimate of drug-likeness (QED) is 0.367. The van der Waals surface area contributed by atoms with Gasteiger partial charge in [0.05, 0.1) is 0 Å². The number of aryl methyl sites for hydroxylation is 1. The largest absolute Gasteiger partial charge is 0.284 e. The van der Waals surface area contributed by atoms with Crippen molar-refractivity contribution in [3.8, 4) is 11.8 Å². The van der Waals surface area contributed by atoms with Crippen LogP contribution in [0.15, 0.2) is 60.7 Å². The van der Waals surface area contributed by atoms with Crippen LogP contribution >= 0.6 is 0 Å². The average Bonchev–Trinajstić information content (AvgIpc) is 2.52. The third kappa shape index (κ3) is 3.93. The number of benzene rings is 2. The molecule has 0 atom stereocenters. The number of carbonyl (C=O) groups is 2. The minimum Gasteiger partial charge on any atom is -0.284 e. The summed E-state index contributed by atoms with van der Waals surface area (Å²) in [6, 6.07) is 18.4. The highest BCUT2D eigenvalue weighted by molar-refractivity contribution is 6.49. The van der Waals surface area contributed by atoms with Crippen LogP contribution in [-0.4, -0.2) is 11.6 Å². The van der Waals surface area contributed by atoms with Crippen LogP contribution in [0.1, 0.15) is 22.3 Å². The molecule has 2 heteroatoms. The van der Waals surface area contributed by atoms with Gasteiger partial charge >= 0.3 is 0 Å². The van der Waals surface area contributed by atoms with E-state index in [4.69, 9.17) is 0 Å². The standard InChI is InChI=1S/C18H14O2/c19-17(18(20)16-12-5-2-6-13-16)14-8-7-11-15-9-3-1-4-10-15/h1-6,9-10,12-13H,7,11H2. The van der Waals surface area contributed by atoms with Crippen molar-refractivity contribution in [1.29, 1.82) is 0 Å². The Labute approximate surface area is 118 Å². The van der Waals surface area contributed by atoms with E-state index < -0.39 is 11.6 Å². The Morgan fingerprint density at radius 3 is 2.10 bits per heavy atom. The first-order chi connectivity index (χ1) is 9.77. The Balaban J connectivity index is 1.89. The minimum atomic E-state index is -0.649. The third-order valence-electron chi connectivity index (χ3n) is 2.83. The van der Waals surface area contributed by atoms with E-state index in [0.717, 1.165) is 6.42 Å². The number of rotatable bonds is 4. The average molecular weight is 262 g/mol. The molecular formula is C18H14O2. The van der Waals surface area contributed by atoms with Crippen LogP contribution in [0.5, 0.6) is 0 Å². The van der Waals surface area contributed by atoms with Gasteiger partial charge in [0.25, 0.3) is 5.78 Å². The molecule has 2 rings (SSSR count). The molecule has 0 fully saturated rings. The Morgan fingerprint density at radius 1 is 0.850 bits per heavy atom. The van der Waals surface area contributed by atoms with Gasteiger partial charge in [0.2, 0.25) is 5.78 Å². The van der Waals surface area contributed by atoms with Crippen LogP contribution in [0.3, 0.4) is 0 Å². The number of hydrogen-bond donors (Lipinski definition) is 0. The van der Waals surface area contributed by atoms with Crippen molar-refractivity contribution < 1.29 is 9.59 Å². The van der Waals surface area contributed by atoms with Gasteiger partial charge in [-0.3, -0.25) is 9.59 Å². The number of carbonyl (C=O) groups excluding carboxylic acids is 2. The first kappa shape index (κ1) is 13.8. The molecule has 0 aromatic heterocycles. The summed E-state index contributed by atoms with van der Waals surface area (Å²) >= 11 is 0. The lowest BCUT2D eigenvalue weighted by Gasteiger charge is -1.95. The molecule has 0 aliphatic carbocycles. The van der Waals surface area contributed by atoms with E-state index >= 15 is 0 Å². The Morgan fingerprint density at radius 2 is 1.45 bits per heavy atom. The highest BCUT2D eigenvalue weighted by Crippen LogP contribution is 2.02. The highest BCUT2D eigenvalue weighted by Gasteiger charge is 2.12. The van der Waals surface area contributed by atoms with E-state index in [1.807, 2.05) is 30.3 Å². The molecule has 0 amide bonds. The fourth-order valence-corrected chi connectivity index (χ4v) is 1.77. The maximum Gasteiger partial charge on any atom is 0.276 e. The van der Waals surface area contributed by atoms with Gasteiger partial charge in [0.1, 0.15) is 0 Å². The predicted molar refractivity (Wildman–Crippen MR) is 78.3 cm³/mol. The van der Waals surface area contributed by atoms with Gasteiger partial charge in [-0.25, -0.2) is 0 Å². The zero-order valence-corrected chi connectivity index (χ0v) is 11.0. The number of Topliss-reactive ketones (excluding diaryl/α,β-unsaturated/α-hetero) is 2. The topological polar surface area (TPSA) is 34.1 Å². The van der Waals surface area contributed by atoms with Gasteiger partial charge in [-0.15, -0.1) is 0 Å². The summed E-state index contributed by atoms with van der Waals surface area (Å²) in [6.45, 7) is 0. The molecule has 0 saturated carbocycles. The molecule has 0 spiro atoms. The Kier molecular flexibility index (Phi) is 4.86. The number of ketones is 2. The zero-order chi connectivity index (χ0) is 14.2. The van der Waals surface area contributed by atoms with E-state index in [1.54, 1.807) is 30.3 Å². The molecule has 0 radical (unpaired) electrons. The van der Waals surface area contributed by atoms with E-state index in [9.17, 15) is 9.59 Å². The maximum atomic E-state index is 11.8. The molecule has 2 aromatic rings. The molecule has 0 unspecified atom stereocenters. The summed E-state index contributed by atoms with van der Waals surface area (Å²) in [6.07, 6.45) is 1.35. The molecular weight excluding hydrogens is 248 g/mol. The van der Waals surface area contributed by atoms with Crippen molar-refractivity contribution in [3.05, 3.63) is 71.8 Å². The molecule has 2 aromatic carbocycles. The van der Waals surface area contributed by atoms with Crippen molar-refractivity contribution >= 4 is 11.6 Å². The summed E-state index contributed by atoms with van der Waals surface area (Å²) in [5.41, 5.74) is 1.55. The van der Waals surface area contributed by atoms with Crippen molar-refractivity contribution in [3.63, 3.8) is 0 Å². The lowest BCUT2D eigenvalue weighted by molar-refractivity contribution is -0.110. The molecule has 0 aliphatic rings. The summed E-state index contributed by atoms with van der Waals surface area (Å²) in [5, 5.41) is 0. The molecule has 20 heavy (non-hydrogen) atoms. The van der Waals surface area contributed by atoms with Gasteiger partial charge in [0, 0.05) is 12.0 Å². The smallest absolute Gasteiger partial charge is 0.276 e. The summed E-state index contributed by atoms with van der Waals surface area (Å²) in [4.78, 5) is 23.4. The van der Waals surface area contributed by atoms with Crippen molar-refractivity contribution in [1.82, 2.24) is 0 Å². The predicted octanol–water partition coefficient (Wildman–Crippen LogP) is 3.07. The minimum absolute atomic E-state index is 0.384. The van der Waals surface area contributed by atoms with Crippen molar-refractivity contribution in [2.45, 2.75) is 12.8 Å². The van der Waals surface area contributed by atoms with Crippen LogP contribution in [0, 0.1) is 11.8 Å². The van der Waals surface area contributed by atoms with Gasteiger partial charge < -0.3 is 0 Å². The van der Waals surface area contributed by atoms with Crippen LogP contribution in [0.2, 0.25) is 0 Å². The normalized spacial score (nSPS) is 9.40. The van der Waals surface area contributed by atoms with E-state index in [-0.39, 0.29) is 0 Å². The molecule has 0 heterocycles. The van der Waals surface area contributed by atoms with Gasteiger partial charge in [-0.05, 0) is 17.9 Å². The van der Waals surface area contributed by atoms with E-state index in [0.29, 0.717) is 12.0 Å². The molecule has 0 bridgehead atoms. The summed E-state index contributed by atoms with van der Waals surface area (Å²) < 4.78 is 0. The van der Waals surface area contributed by atoms with Crippen molar-refractivity contribution in [2.24, 2.45) is 0 Å². The highest BCUT2D eigenvalue weighted by atomic mass is 16.2. The van der Waals surface area contributed by atoms with E-state index in [1.165, 1.54) is 5.56 Å². The molecule has 0 N–H and O–H groups in total. The van der Waals surface area contributed by atoms with E-state index in [2.05, 4.69) is 11.8 Å². The lowest BCUT2D eigenvalue weighted by Crippen LogP contribution is -2.11. The lowest BCUT2D eigenvalue weighted by atomic mass is 10.1. The second-order valence-corrected chi connectivity index (χ2v) is 4.31. The summed E-state index contributed by atoms with van der Waals surface area (Å²) in [7, 11) is 0. The monoisotopic (exact) mass is 262 g/mol. The maximum absolute atomic E-state index is 11.8. The molecule has 0 aliphatic heterocycles. The fourth-order valence-electron chi connectivity index (χ4n) is 1.77. The zero-order valence-electron chi connectivity index (χ0n) is 11.0. The van der Waals surface area contributed by atoms with Gasteiger partial charge in [0.15, 0.2) is 0 Å². The molecule has 2 nitrogen and oxygen atoms in total. The fraction of sp³-hybridized carbons (Fsp3) is 0.111. The van der Waals surface area contributed by atoms with Crippen LogP contribution < -0.4 is 0 Å².